The molecule has 0 heterocycles. The maximum Gasteiger partial charge on any atom is 0.0297 e. The number of rotatable bonds is 8. The lowest BCUT2D eigenvalue weighted by molar-refractivity contribution is 0.137. The van der Waals surface area contributed by atoms with Gasteiger partial charge in [0.25, 0.3) is 0 Å². The third kappa shape index (κ3) is 4.43. The minimum atomic E-state index is 0.201. The second-order valence-corrected chi connectivity index (χ2v) is 4.54. The number of nitrogens with zero attached hydrogens (tertiary/aromatic N) is 1. The van der Waals surface area contributed by atoms with Crippen LogP contribution in [-0.4, -0.2) is 30.6 Å². The Labute approximate surface area is 89.9 Å². The maximum absolute atomic E-state index is 5.81. The van der Waals surface area contributed by atoms with Gasteiger partial charge in [-0.1, -0.05) is 33.1 Å². The van der Waals surface area contributed by atoms with Crippen LogP contribution in [0.2, 0.25) is 0 Å². The van der Waals surface area contributed by atoms with Crippen molar-refractivity contribution in [2.24, 2.45) is 5.73 Å². The highest BCUT2D eigenvalue weighted by molar-refractivity contribution is 4.83. The van der Waals surface area contributed by atoms with Crippen molar-refractivity contribution in [3.8, 4) is 0 Å². The fourth-order valence-corrected chi connectivity index (χ4v) is 1.62. The smallest absolute Gasteiger partial charge is 0.0297 e. The van der Waals surface area contributed by atoms with Gasteiger partial charge < -0.3 is 5.73 Å². The Balaban J connectivity index is 3.75. The molecule has 2 N–H and O–H groups in total. The largest absolute Gasteiger partial charge is 0.329 e. The van der Waals surface area contributed by atoms with Crippen molar-refractivity contribution in [2.75, 3.05) is 20.1 Å². The average molecular weight is 200 g/mol. The summed E-state index contributed by atoms with van der Waals surface area (Å²) in [5.41, 5.74) is 6.01. The van der Waals surface area contributed by atoms with Crippen LogP contribution in [0.5, 0.6) is 0 Å². The summed E-state index contributed by atoms with van der Waals surface area (Å²) in [6.07, 6.45) is 6.46. The summed E-state index contributed by atoms with van der Waals surface area (Å²) < 4.78 is 0. The number of likely N-dealkylation sites (N-methyl/N-ethyl adjacent to an activating group) is 1. The highest BCUT2D eigenvalue weighted by Crippen LogP contribution is 2.16. The van der Waals surface area contributed by atoms with E-state index < -0.39 is 0 Å². The zero-order chi connectivity index (χ0) is 11.0. The standard InChI is InChI=1S/C12H28N2/c1-5-7-8-9-10-14(4)12(3,6-2)11-13/h5-11,13H2,1-4H3. The van der Waals surface area contributed by atoms with Gasteiger partial charge in [-0.3, -0.25) is 4.90 Å². The van der Waals surface area contributed by atoms with Gasteiger partial charge in [0, 0.05) is 12.1 Å². The molecule has 86 valence electrons. The van der Waals surface area contributed by atoms with Crippen LogP contribution in [0.25, 0.3) is 0 Å². The van der Waals surface area contributed by atoms with E-state index in [2.05, 4.69) is 32.7 Å². The van der Waals surface area contributed by atoms with E-state index >= 15 is 0 Å². The van der Waals surface area contributed by atoms with Crippen LogP contribution in [0.4, 0.5) is 0 Å². The molecule has 0 amide bonds. The van der Waals surface area contributed by atoms with Crippen molar-refractivity contribution in [1.29, 1.82) is 0 Å². The number of nitrogens with two attached hydrogens (primary N) is 1. The quantitative estimate of drug-likeness (QED) is 0.610. The van der Waals surface area contributed by atoms with Crippen molar-refractivity contribution in [2.45, 2.75) is 58.4 Å². The molecule has 1 atom stereocenters. The number of hydrogen-bond donors (Lipinski definition) is 1. The molecule has 2 heteroatoms. The molecule has 0 aromatic carbocycles. The third-order valence-corrected chi connectivity index (χ3v) is 3.47. The Morgan fingerprint density at radius 2 is 1.79 bits per heavy atom. The zero-order valence-electron chi connectivity index (χ0n) is 10.5. The predicted octanol–water partition coefficient (Wildman–Crippen LogP) is 2.63. The summed E-state index contributed by atoms with van der Waals surface area (Å²) in [5, 5.41) is 0. The Morgan fingerprint density at radius 3 is 2.21 bits per heavy atom. The van der Waals surface area contributed by atoms with Crippen LogP contribution < -0.4 is 5.73 Å². The first-order chi connectivity index (χ1) is 6.60. The number of hydrogen-bond acceptors (Lipinski definition) is 2. The van der Waals surface area contributed by atoms with E-state index in [1.807, 2.05) is 0 Å². The Morgan fingerprint density at radius 1 is 1.14 bits per heavy atom. The summed E-state index contributed by atoms with van der Waals surface area (Å²) in [5.74, 6) is 0. The lowest BCUT2D eigenvalue weighted by Crippen LogP contribution is -2.49. The molecule has 0 radical (unpaired) electrons. The molecule has 0 aliphatic rings. The molecule has 0 rings (SSSR count). The topological polar surface area (TPSA) is 29.3 Å². The maximum atomic E-state index is 5.81. The summed E-state index contributed by atoms with van der Waals surface area (Å²) >= 11 is 0. The molecule has 0 spiro atoms. The third-order valence-electron chi connectivity index (χ3n) is 3.47. The fourth-order valence-electron chi connectivity index (χ4n) is 1.62. The molecule has 0 aliphatic heterocycles. The van der Waals surface area contributed by atoms with E-state index in [0.717, 1.165) is 13.0 Å². The minimum absolute atomic E-state index is 0.201. The molecule has 0 saturated carbocycles. The lowest BCUT2D eigenvalue weighted by Gasteiger charge is -2.37. The van der Waals surface area contributed by atoms with E-state index in [4.69, 9.17) is 5.73 Å². The second-order valence-electron chi connectivity index (χ2n) is 4.54. The van der Waals surface area contributed by atoms with Crippen LogP contribution >= 0.6 is 0 Å². The van der Waals surface area contributed by atoms with Crippen molar-refractivity contribution in [1.82, 2.24) is 4.90 Å². The molecule has 1 unspecified atom stereocenters. The van der Waals surface area contributed by atoms with Crippen molar-refractivity contribution in [3.63, 3.8) is 0 Å². The number of unbranched alkanes of at least 4 members (excludes halogenated alkanes) is 3. The molecule has 0 bridgehead atoms. The van der Waals surface area contributed by atoms with Crippen molar-refractivity contribution < 1.29 is 0 Å². The van der Waals surface area contributed by atoms with E-state index in [0.29, 0.717) is 0 Å². The van der Waals surface area contributed by atoms with E-state index in [1.54, 1.807) is 0 Å². The van der Waals surface area contributed by atoms with Gasteiger partial charge in [0.1, 0.15) is 0 Å². The zero-order valence-corrected chi connectivity index (χ0v) is 10.5. The van der Waals surface area contributed by atoms with E-state index in [9.17, 15) is 0 Å². The van der Waals surface area contributed by atoms with Gasteiger partial charge in [-0.25, -0.2) is 0 Å². The first kappa shape index (κ1) is 13.9. The van der Waals surface area contributed by atoms with Crippen molar-refractivity contribution in [3.05, 3.63) is 0 Å². The second kappa shape index (κ2) is 7.24. The van der Waals surface area contributed by atoms with Crippen LogP contribution in [0.15, 0.2) is 0 Å². The SMILES string of the molecule is CCCCCCN(C)C(C)(CC)CN. The molecule has 0 fully saturated rings. The van der Waals surface area contributed by atoms with E-state index in [-0.39, 0.29) is 5.54 Å². The average Bonchev–Trinajstić information content (AvgIpc) is 2.22. The predicted molar refractivity (Wildman–Crippen MR) is 64.5 cm³/mol. The van der Waals surface area contributed by atoms with Gasteiger partial charge >= 0.3 is 0 Å². The highest BCUT2D eigenvalue weighted by atomic mass is 15.2. The van der Waals surface area contributed by atoms with Gasteiger partial charge in [0.05, 0.1) is 0 Å². The van der Waals surface area contributed by atoms with Gasteiger partial charge in [-0.2, -0.15) is 0 Å². The molecule has 0 saturated heterocycles. The van der Waals surface area contributed by atoms with Crippen LogP contribution in [-0.2, 0) is 0 Å². The monoisotopic (exact) mass is 200 g/mol. The highest BCUT2D eigenvalue weighted by Gasteiger charge is 2.24. The van der Waals surface area contributed by atoms with Crippen molar-refractivity contribution >= 4 is 0 Å². The molecular weight excluding hydrogens is 172 g/mol. The normalized spacial score (nSPS) is 15.9. The Bertz CT molecular complexity index is 130. The Kier molecular flexibility index (Phi) is 7.20. The van der Waals surface area contributed by atoms with Crippen LogP contribution in [0, 0.1) is 0 Å². The molecule has 0 aromatic rings. The molecule has 2 nitrogen and oxygen atoms in total. The summed E-state index contributed by atoms with van der Waals surface area (Å²) in [6.45, 7) is 8.66. The fraction of sp³-hybridized carbons (Fsp3) is 1.00. The molecule has 14 heavy (non-hydrogen) atoms. The van der Waals surface area contributed by atoms with Gasteiger partial charge in [0.2, 0.25) is 0 Å². The first-order valence-corrected chi connectivity index (χ1v) is 6.02. The van der Waals surface area contributed by atoms with Crippen LogP contribution in [0.3, 0.4) is 0 Å². The summed E-state index contributed by atoms with van der Waals surface area (Å²) in [4.78, 5) is 2.42. The van der Waals surface area contributed by atoms with Crippen LogP contribution in [0.1, 0.15) is 52.9 Å². The molecule has 0 aliphatic carbocycles. The van der Waals surface area contributed by atoms with E-state index in [1.165, 1.54) is 32.2 Å². The minimum Gasteiger partial charge on any atom is -0.329 e. The summed E-state index contributed by atoms with van der Waals surface area (Å²) in [6, 6.07) is 0. The van der Waals surface area contributed by atoms with Gasteiger partial charge in [0.15, 0.2) is 0 Å². The lowest BCUT2D eigenvalue weighted by atomic mass is 9.97. The van der Waals surface area contributed by atoms with Gasteiger partial charge in [-0.05, 0) is 33.4 Å². The molecule has 0 aromatic heterocycles. The molecular formula is C12H28N2. The first-order valence-electron chi connectivity index (χ1n) is 6.02. The van der Waals surface area contributed by atoms with Gasteiger partial charge in [-0.15, -0.1) is 0 Å². The summed E-state index contributed by atoms with van der Waals surface area (Å²) in [7, 11) is 2.20. The Hall–Kier alpha value is -0.0800.